The summed E-state index contributed by atoms with van der Waals surface area (Å²) in [7, 11) is 1.46. The fraction of sp³-hybridized carbons (Fsp3) is 0.385. The number of nitrogens with zero attached hydrogens (tertiary/aromatic N) is 2. The molecule has 5 nitrogen and oxygen atoms in total. The van der Waals surface area contributed by atoms with Gasteiger partial charge in [-0.25, -0.2) is 9.78 Å². The fourth-order valence-corrected chi connectivity index (χ4v) is 2.13. The summed E-state index contributed by atoms with van der Waals surface area (Å²) in [5.74, 6) is -2.40. The van der Waals surface area contributed by atoms with E-state index in [1.54, 1.807) is 0 Å². The van der Waals surface area contributed by atoms with Crippen molar-refractivity contribution in [3.63, 3.8) is 0 Å². The van der Waals surface area contributed by atoms with Gasteiger partial charge in [-0.2, -0.15) is 13.2 Å². The second-order valence-corrected chi connectivity index (χ2v) is 4.41. The van der Waals surface area contributed by atoms with E-state index < -0.39 is 18.0 Å². The maximum Gasteiger partial charge on any atom is 0.449 e. The van der Waals surface area contributed by atoms with Gasteiger partial charge in [0.1, 0.15) is 5.52 Å². The van der Waals surface area contributed by atoms with Gasteiger partial charge in [-0.1, -0.05) is 6.07 Å². The quantitative estimate of drug-likeness (QED) is 0.863. The van der Waals surface area contributed by atoms with E-state index in [4.69, 9.17) is 9.84 Å². The zero-order valence-electron chi connectivity index (χ0n) is 11.1. The van der Waals surface area contributed by atoms with E-state index >= 15 is 0 Å². The molecule has 0 spiro atoms. The molecule has 0 unspecified atom stereocenters. The number of methoxy groups -OCH3 is 1. The highest BCUT2D eigenvalue weighted by Gasteiger charge is 2.38. The number of aryl methyl sites for hydroxylation is 1. The Morgan fingerprint density at radius 2 is 2.14 bits per heavy atom. The molecule has 0 aliphatic heterocycles. The van der Waals surface area contributed by atoms with Crippen molar-refractivity contribution in [2.45, 2.75) is 19.1 Å². The molecule has 2 aromatic rings. The van der Waals surface area contributed by atoms with Gasteiger partial charge in [0.2, 0.25) is 5.82 Å². The Bertz CT molecular complexity index is 664. The monoisotopic (exact) mass is 302 g/mol. The van der Waals surface area contributed by atoms with Gasteiger partial charge in [0.25, 0.3) is 0 Å². The number of rotatable bonds is 5. The first kappa shape index (κ1) is 15.3. The van der Waals surface area contributed by atoms with Crippen LogP contribution in [0.25, 0.3) is 11.0 Å². The van der Waals surface area contributed by atoms with Crippen molar-refractivity contribution in [3.8, 4) is 0 Å². The molecule has 2 rings (SSSR count). The van der Waals surface area contributed by atoms with Crippen LogP contribution in [0.5, 0.6) is 0 Å². The third kappa shape index (κ3) is 2.99. The van der Waals surface area contributed by atoms with Crippen molar-refractivity contribution < 1.29 is 27.8 Å². The molecule has 114 valence electrons. The summed E-state index contributed by atoms with van der Waals surface area (Å²) in [6, 6.07) is 4.06. The Morgan fingerprint density at radius 1 is 1.43 bits per heavy atom. The zero-order valence-corrected chi connectivity index (χ0v) is 11.1. The number of aromatic carboxylic acids is 1. The van der Waals surface area contributed by atoms with Gasteiger partial charge in [-0.3, -0.25) is 0 Å². The van der Waals surface area contributed by atoms with Crippen molar-refractivity contribution in [2.24, 2.45) is 0 Å². The van der Waals surface area contributed by atoms with E-state index in [1.807, 2.05) is 0 Å². The highest BCUT2D eigenvalue weighted by molar-refractivity contribution is 6.01. The molecule has 0 amide bonds. The number of benzene rings is 1. The Morgan fingerprint density at radius 3 is 2.71 bits per heavy atom. The summed E-state index contributed by atoms with van der Waals surface area (Å²) >= 11 is 0. The van der Waals surface area contributed by atoms with Gasteiger partial charge >= 0.3 is 12.1 Å². The average molecular weight is 302 g/mol. The lowest BCUT2D eigenvalue weighted by Gasteiger charge is -2.11. The summed E-state index contributed by atoms with van der Waals surface area (Å²) in [5.41, 5.74) is -0.253. The molecule has 0 saturated carbocycles. The Hall–Kier alpha value is -2.09. The van der Waals surface area contributed by atoms with Gasteiger partial charge in [0.15, 0.2) is 0 Å². The van der Waals surface area contributed by atoms with Crippen LogP contribution in [0.1, 0.15) is 22.6 Å². The predicted octanol–water partition coefficient (Wildman–Crippen LogP) is 2.79. The van der Waals surface area contributed by atoms with Gasteiger partial charge in [0.05, 0.1) is 11.1 Å². The van der Waals surface area contributed by atoms with Crippen molar-refractivity contribution in [3.05, 3.63) is 29.6 Å². The number of hydrogen-bond donors (Lipinski definition) is 1. The number of aromatic nitrogens is 2. The first-order chi connectivity index (χ1) is 9.86. The molecule has 0 fully saturated rings. The van der Waals surface area contributed by atoms with Crippen molar-refractivity contribution in [1.29, 1.82) is 0 Å². The third-order valence-corrected chi connectivity index (χ3v) is 2.99. The summed E-state index contributed by atoms with van der Waals surface area (Å²) in [6.45, 7) is 0.345. The van der Waals surface area contributed by atoms with Crippen LogP contribution in [0.15, 0.2) is 18.2 Å². The van der Waals surface area contributed by atoms with Crippen LogP contribution in [0.2, 0.25) is 0 Å². The van der Waals surface area contributed by atoms with Gasteiger partial charge in [0, 0.05) is 20.3 Å². The Balaban J connectivity index is 2.61. The first-order valence-corrected chi connectivity index (χ1v) is 6.15. The normalized spacial score (nSPS) is 12.0. The Labute approximate surface area is 118 Å². The number of carboxylic acid groups (broad SMARTS) is 1. The van der Waals surface area contributed by atoms with Crippen LogP contribution in [0.4, 0.5) is 13.2 Å². The molecule has 0 bridgehead atoms. The van der Waals surface area contributed by atoms with E-state index in [0.717, 1.165) is 4.57 Å². The maximum absolute atomic E-state index is 13.1. The highest BCUT2D eigenvalue weighted by atomic mass is 19.4. The third-order valence-electron chi connectivity index (χ3n) is 2.99. The summed E-state index contributed by atoms with van der Waals surface area (Å²) in [6.07, 6.45) is -4.29. The molecular formula is C13H13F3N2O3. The molecule has 0 atom stereocenters. The number of carbonyl (C=O) groups is 1. The molecule has 21 heavy (non-hydrogen) atoms. The van der Waals surface area contributed by atoms with Crippen LogP contribution in [-0.2, 0) is 17.5 Å². The molecule has 0 aliphatic carbocycles. The molecule has 1 aromatic heterocycles. The lowest BCUT2D eigenvalue weighted by Crippen LogP contribution is -2.15. The maximum atomic E-state index is 13.1. The molecule has 0 saturated heterocycles. The fourth-order valence-electron chi connectivity index (χ4n) is 2.13. The van der Waals surface area contributed by atoms with Gasteiger partial charge < -0.3 is 14.4 Å². The minimum absolute atomic E-state index is 0.0439. The predicted molar refractivity (Wildman–Crippen MR) is 68.2 cm³/mol. The number of imidazole rings is 1. The lowest BCUT2D eigenvalue weighted by molar-refractivity contribution is -0.147. The van der Waals surface area contributed by atoms with Crippen LogP contribution in [0, 0.1) is 0 Å². The summed E-state index contributed by atoms with van der Waals surface area (Å²) in [4.78, 5) is 14.6. The summed E-state index contributed by atoms with van der Waals surface area (Å²) in [5, 5.41) is 9.05. The smallest absolute Gasteiger partial charge is 0.449 e. The van der Waals surface area contributed by atoms with Crippen molar-refractivity contribution >= 4 is 17.0 Å². The zero-order chi connectivity index (χ0) is 15.6. The lowest BCUT2D eigenvalue weighted by atomic mass is 10.2. The van der Waals surface area contributed by atoms with Gasteiger partial charge in [-0.05, 0) is 18.6 Å². The highest BCUT2D eigenvalue weighted by Crippen LogP contribution is 2.32. The standard InChI is InChI=1S/C13H13F3N2O3/c1-21-7-3-6-18-9-5-2-4-8(11(19)20)10(9)17-12(18)13(14,15)16/h2,4-5H,3,6-7H2,1H3,(H,19,20). The molecule has 1 aromatic carbocycles. The van der Waals surface area contributed by atoms with Crippen LogP contribution in [-0.4, -0.2) is 34.3 Å². The second-order valence-electron chi connectivity index (χ2n) is 4.41. The van der Waals surface area contributed by atoms with E-state index in [9.17, 15) is 18.0 Å². The minimum atomic E-state index is -4.65. The second kappa shape index (κ2) is 5.72. The van der Waals surface area contributed by atoms with E-state index in [-0.39, 0.29) is 23.1 Å². The SMILES string of the molecule is COCCCn1c(C(F)(F)F)nc2c(C(=O)O)cccc21. The number of para-hydroxylation sites is 1. The first-order valence-electron chi connectivity index (χ1n) is 6.15. The number of carboxylic acids is 1. The van der Waals surface area contributed by atoms with Crippen LogP contribution in [0.3, 0.4) is 0 Å². The molecule has 1 heterocycles. The number of alkyl halides is 3. The van der Waals surface area contributed by atoms with E-state index in [2.05, 4.69) is 4.98 Å². The minimum Gasteiger partial charge on any atom is -0.478 e. The van der Waals surface area contributed by atoms with Gasteiger partial charge in [-0.15, -0.1) is 0 Å². The number of fused-ring (bicyclic) bond motifs is 1. The van der Waals surface area contributed by atoms with Crippen molar-refractivity contribution in [1.82, 2.24) is 9.55 Å². The number of ether oxygens (including phenoxy) is 1. The molecule has 1 N–H and O–H groups in total. The molecular weight excluding hydrogens is 289 g/mol. The number of hydrogen-bond acceptors (Lipinski definition) is 3. The number of halogens is 3. The van der Waals surface area contributed by atoms with E-state index in [0.29, 0.717) is 13.0 Å². The van der Waals surface area contributed by atoms with Crippen molar-refractivity contribution in [2.75, 3.05) is 13.7 Å². The van der Waals surface area contributed by atoms with Crippen LogP contribution >= 0.6 is 0 Å². The Kier molecular flexibility index (Phi) is 4.17. The topological polar surface area (TPSA) is 64.4 Å². The largest absolute Gasteiger partial charge is 0.478 e. The molecule has 0 radical (unpaired) electrons. The summed E-state index contributed by atoms with van der Waals surface area (Å²) < 4.78 is 45.0. The average Bonchev–Trinajstić information content (AvgIpc) is 2.77. The van der Waals surface area contributed by atoms with Crippen LogP contribution < -0.4 is 0 Å². The molecule has 8 heteroatoms. The molecule has 0 aliphatic rings. The van der Waals surface area contributed by atoms with E-state index in [1.165, 1.54) is 25.3 Å².